The molecule has 0 saturated heterocycles. The summed E-state index contributed by atoms with van der Waals surface area (Å²) >= 11 is 3.39. The van der Waals surface area contributed by atoms with Crippen molar-refractivity contribution in [2.24, 2.45) is 11.1 Å². The maximum Gasteiger partial charge on any atom is 0.240 e. The fourth-order valence-corrected chi connectivity index (χ4v) is 3.25. The number of ether oxygens (including phenoxy) is 2. The van der Waals surface area contributed by atoms with Crippen LogP contribution < -0.4 is 15.8 Å². The maximum atomic E-state index is 12.4. The van der Waals surface area contributed by atoms with Gasteiger partial charge in [-0.3, -0.25) is 4.79 Å². The molecular formula is C17H25BrN2O3. The molecule has 1 aliphatic rings. The number of hydrogen-bond acceptors (Lipinski definition) is 4. The van der Waals surface area contributed by atoms with E-state index in [4.69, 9.17) is 15.2 Å². The summed E-state index contributed by atoms with van der Waals surface area (Å²) in [5, 5.41) is 2.87. The second kappa shape index (κ2) is 7.20. The molecule has 0 radical (unpaired) electrons. The van der Waals surface area contributed by atoms with Gasteiger partial charge in [0.1, 0.15) is 17.9 Å². The molecule has 1 fully saturated rings. The molecule has 2 rings (SSSR count). The van der Waals surface area contributed by atoms with E-state index in [1.165, 1.54) is 0 Å². The van der Waals surface area contributed by atoms with Gasteiger partial charge >= 0.3 is 0 Å². The number of carbonyl (C=O) groups excluding carboxylic acids is 1. The van der Waals surface area contributed by atoms with Gasteiger partial charge in [-0.2, -0.15) is 0 Å². The molecule has 1 saturated carbocycles. The zero-order chi connectivity index (χ0) is 17.1. The summed E-state index contributed by atoms with van der Waals surface area (Å²) in [7, 11) is 0. The van der Waals surface area contributed by atoms with E-state index >= 15 is 0 Å². The van der Waals surface area contributed by atoms with Crippen LogP contribution in [0.4, 0.5) is 0 Å². The zero-order valence-electron chi connectivity index (χ0n) is 13.9. The van der Waals surface area contributed by atoms with E-state index < -0.39 is 5.54 Å². The lowest BCUT2D eigenvalue weighted by molar-refractivity contribution is -0.170. The first-order valence-corrected chi connectivity index (χ1v) is 8.67. The highest BCUT2D eigenvalue weighted by Gasteiger charge is 2.62. The molecule has 0 bridgehead atoms. The smallest absolute Gasteiger partial charge is 0.240 e. The van der Waals surface area contributed by atoms with Crippen molar-refractivity contribution < 1.29 is 14.3 Å². The van der Waals surface area contributed by atoms with Crippen LogP contribution >= 0.6 is 15.9 Å². The minimum Gasteiger partial charge on any atom is -0.492 e. The Morgan fingerprint density at radius 3 is 2.83 bits per heavy atom. The van der Waals surface area contributed by atoms with Gasteiger partial charge in [0, 0.05) is 22.9 Å². The first-order chi connectivity index (χ1) is 10.8. The van der Waals surface area contributed by atoms with Crippen molar-refractivity contribution in [1.29, 1.82) is 0 Å². The predicted octanol–water partition coefficient (Wildman–Crippen LogP) is 2.48. The molecule has 128 valence electrons. The lowest BCUT2D eigenvalue weighted by Crippen LogP contribution is -2.75. The van der Waals surface area contributed by atoms with E-state index in [-0.39, 0.29) is 17.4 Å². The lowest BCUT2D eigenvalue weighted by atomic mass is 9.54. The SMILES string of the molecule is CCOC1CC(N)(C(=O)NCCOc2cccc(Br)c2)C1(C)C. The Bertz CT molecular complexity index is 565. The topological polar surface area (TPSA) is 73.6 Å². The molecule has 2 unspecified atom stereocenters. The third-order valence-corrected chi connectivity index (χ3v) is 5.18. The average Bonchev–Trinajstić information content (AvgIpc) is 2.51. The van der Waals surface area contributed by atoms with E-state index in [1.807, 2.05) is 45.0 Å². The Balaban J connectivity index is 1.79. The van der Waals surface area contributed by atoms with Gasteiger partial charge in [0.15, 0.2) is 0 Å². The van der Waals surface area contributed by atoms with Crippen LogP contribution in [0.5, 0.6) is 5.75 Å². The van der Waals surface area contributed by atoms with Gasteiger partial charge in [0.05, 0.1) is 12.6 Å². The number of rotatable bonds is 7. The van der Waals surface area contributed by atoms with Crippen LogP contribution in [-0.4, -0.2) is 37.3 Å². The fourth-order valence-electron chi connectivity index (χ4n) is 2.87. The van der Waals surface area contributed by atoms with Gasteiger partial charge in [0.2, 0.25) is 5.91 Å². The Morgan fingerprint density at radius 1 is 1.48 bits per heavy atom. The van der Waals surface area contributed by atoms with E-state index in [0.29, 0.717) is 26.2 Å². The average molecular weight is 385 g/mol. The number of nitrogens with two attached hydrogens (primary N) is 1. The van der Waals surface area contributed by atoms with E-state index in [9.17, 15) is 4.79 Å². The highest BCUT2D eigenvalue weighted by atomic mass is 79.9. The van der Waals surface area contributed by atoms with E-state index in [2.05, 4.69) is 21.2 Å². The second-order valence-corrected chi connectivity index (χ2v) is 7.32. The molecule has 0 aliphatic heterocycles. The molecule has 0 heterocycles. The number of benzene rings is 1. The van der Waals surface area contributed by atoms with E-state index in [1.54, 1.807) is 0 Å². The van der Waals surface area contributed by atoms with Crippen LogP contribution in [0.15, 0.2) is 28.7 Å². The molecule has 2 atom stereocenters. The molecule has 23 heavy (non-hydrogen) atoms. The van der Waals surface area contributed by atoms with Crippen LogP contribution in [0.2, 0.25) is 0 Å². The summed E-state index contributed by atoms with van der Waals surface area (Å²) in [5.41, 5.74) is 5.06. The minimum absolute atomic E-state index is 0.0289. The van der Waals surface area contributed by atoms with Crippen molar-refractivity contribution in [1.82, 2.24) is 5.32 Å². The molecule has 5 nitrogen and oxygen atoms in total. The molecule has 0 spiro atoms. The largest absolute Gasteiger partial charge is 0.492 e. The summed E-state index contributed by atoms with van der Waals surface area (Å²) < 4.78 is 12.2. The number of carbonyl (C=O) groups is 1. The molecule has 3 N–H and O–H groups in total. The second-order valence-electron chi connectivity index (χ2n) is 6.40. The highest BCUT2D eigenvalue weighted by molar-refractivity contribution is 9.10. The molecule has 0 aromatic heterocycles. The third-order valence-electron chi connectivity index (χ3n) is 4.69. The van der Waals surface area contributed by atoms with Crippen molar-refractivity contribution in [3.63, 3.8) is 0 Å². The number of halogens is 1. The van der Waals surface area contributed by atoms with Crippen molar-refractivity contribution in [2.75, 3.05) is 19.8 Å². The fraction of sp³-hybridized carbons (Fsp3) is 0.588. The van der Waals surface area contributed by atoms with Crippen LogP contribution in [0, 0.1) is 5.41 Å². The Hall–Kier alpha value is -1.11. The minimum atomic E-state index is -0.886. The molecule has 1 aromatic carbocycles. The van der Waals surface area contributed by atoms with Crippen molar-refractivity contribution in [2.45, 2.75) is 38.8 Å². The first kappa shape index (κ1) is 18.2. The quantitative estimate of drug-likeness (QED) is 0.708. The molecular weight excluding hydrogens is 360 g/mol. The number of nitrogens with one attached hydrogen (secondary N) is 1. The van der Waals surface area contributed by atoms with Gasteiger partial charge in [0.25, 0.3) is 0 Å². The number of hydrogen-bond donors (Lipinski definition) is 2. The predicted molar refractivity (Wildman–Crippen MR) is 93.4 cm³/mol. The van der Waals surface area contributed by atoms with E-state index in [0.717, 1.165) is 10.2 Å². The van der Waals surface area contributed by atoms with Gasteiger partial charge < -0.3 is 20.5 Å². The van der Waals surface area contributed by atoms with Gasteiger partial charge in [-0.1, -0.05) is 35.8 Å². The zero-order valence-corrected chi connectivity index (χ0v) is 15.5. The Kier molecular flexibility index (Phi) is 5.70. The van der Waals surface area contributed by atoms with Crippen LogP contribution in [-0.2, 0) is 9.53 Å². The standard InChI is InChI=1S/C17H25BrN2O3/c1-4-22-14-11-17(19,16(14,2)3)15(21)20-8-9-23-13-7-5-6-12(18)10-13/h5-7,10,14H,4,8-9,11,19H2,1-3H3,(H,20,21). The molecule has 1 aliphatic carbocycles. The monoisotopic (exact) mass is 384 g/mol. The summed E-state index contributed by atoms with van der Waals surface area (Å²) in [6, 6.07) is 7.59. The van der Waals surface area contributed by atoms with Crippen LogP contribution in [0.3, 0.4) is 0 Å². The summed E-state index contributed by atoms with van der Waals surface area (Å²) in [6.07, 6.45) is 0.577. The molecule has 1 amide bonds. The summed E-state index contributed by atoms with van der Waals surface area (Å²) in [4.78, 5) is 12.4. The molecule has 1 aromatic rings. The van der Waals surface area contributed by atoms with Gasteiger partial charge in [-0.25, -0.2) is 0 Å². The maximum absolute atomic E-state index is 12.4. The normalized spacial score (nSPS) is 25.5. The Morgan fingerprint density at radius 2 is 2.22 bits per heavy atom. The first-order valence-electron chi connectivity index (χ1n) is 7.88. The van der Waals surface area contributed by atoms with Crippen molar-refractivity contribution >= 4 is 21.8 Å². The van der Waals surface area contributed by atoms with Crippen molar-refractivity contribution in [3.05, 3.63) is 28.7 Å². The third kappa shape index (κ3) is 3.70. The lowest BCUT2D eigenvalue weighted by Gasteiger charge is -2.57. The number of amides is 1. The van der Waals surface area contributed by atoms with Crippen LogP contribution in [0.1, 0.15) is 27.2 Å². The van der Waals surface area contributed by atoms with Crippen molar-refractivity contribution in [3.8, 4) is 5.75 Å². The summed E-state index contributed by atoms with van der Waals surface area (Å²) in [5.74, 6) is 0.618. The molecule has 6 heteroatoms. The van der Waals surface area contributed by atoms with Crippen LogP contribution in [0.25, 0.3) is 0 Å². The van der Waals surface area contributed by atoms with Gasteiger partial charge in [-0.05, 0) is 25.1 Å². The summed E-state index contributed by atoms with van der Waals surface area (Å²) in [6.45, 7) is 7.36. The Labute approximate surface area is 146 Å². The highest BCUT2D eigenvalue weighted by Crippen LogP contribution is 2.49. The van der Waals surface area contributed by atoms with Gasteiger partial charge in [-0.15, -0.1) is 0 Å².